The predicted octanol–water partition coefficient (Wildman–Crippen LogP) is 2.24. The third-order valence-corrected chi connectivity index (χ3v) is 6.35. The molecule has 0 aromatic heterocycles. The van der Waals surface area contributed by atoms with Gasteiger partial charge in [-0.25, -0.2) is 4.79 Å². The zero-order valence-corrected chi connectivity index (χ0v) is 22.7. The summed E-state index contributed by atoms with van der Waals surface area (Å²) in [6, 6.07) is -0.0537. The van der Waals surface area contributed by atoms with Crippen molar-refractivity contribution in [2.45, 2.75) is 79.8 Å². The molecule has 1 aliphatic rings. The second-order valence-electron chi connectivity index (χ2n) is 10.1. The number of hydrogen-bond donors (Lipinski definition) is 0. The van der Waals surface area contributed by atoms with E-state index in [9.17, 15) is 9.59 Å². The molecule has 5 nitrogen and oxygen atoms in total. The van der Waals surface area contributed by atoms with Gasteiger partial charge in [0.05, 0.1) is 12.6 Å². The lowest BCUT2D eigenvalue weighted by Gasteiger charge is -2.50. The Hall–Kier alpha value is -1.59. The predicted molar refractivity (Wildman–Crippen MR) is 133 cm³/mol. The molecular weight excluding hydrogens is 436 g/mol. The normalized spacial score (nSPS) is 20.6. The monoisotopic (exact) mass is 481 g/mol. The van der Waals surface area contributed by atoms with Crippen LogP contribution in [-0.2, 0) is 14.3 Å². The topological polar surface area (TPSA) is 49.9 Å². The van der Waals surface area contributed by atoms with E-state index in [-0.39, 0.29) is 47.7 Å². The van der Waals surface area contributed by atoms with Crippen LogP contribution in [0.1, 0.15) is 67.7 Å². The van der Waals surface area contributed by atoms with Gasteiger partial charge in [0.1, 0.15) is 0 Å². The van der Waals surface area contributed by atoms with E-state index in [0.29, 0.717) is 38.6 Å². The van der Waals surface area contributed by atoms with Crippen LogP contribution in [-0.4, -0.2) is 60.0 Å². The zero-order valence-electron chi connectivity index (χ0n) is 21.9. The Kier molecular flexibility index (Phi) is 13.9. The molecule has 1 rings (SSSR count). The van der Waals surface area contributed by atoms with Gasteiger partial charge in [0.15, 0.2) is 0 Å². The molecule has 0 aliphatic heterocycles. The molecule has 0 aromatic carbocycles. The highest BCUT2D eigenvalue weighted by molar-refractivity contribution is 5.89. The molecule has 0 N–H and O–H groups in total. The maximum Gasteiger partial charge on any atom is 0.333 e. The van der Waals surface area contributed by atoms with Gasteiger partial charge in [-0.3, -0.25) is 9.69 Å². The molecule has 0 saturated carbocycles. The maximum atomic E-state index is 13.0. The van der Waals surface area contributed by atoms with E-state index in [1.807, 2.05) is 19.1 Å². The second-order valence-corrected chi connectivity index (χ2v) is 10.1. The molecule has 3 atom stereocenters. The number of hydrogen-bond acceptors (Lipinski definition) is 4. The second kappa shape index (κ2) is 14.6. The van der Waals surface area contributed by atoms with Crippen molar-refractivity contribution in [2.75, 3.05) is 26.2 Å². The number of carbonyl (C=O) groups is 2. The number of ether oxygens (including phenoxy) is 1. The summed E-state index contributed by atoms with van der Waals surface area (Å²) in [6.45, 7) is 24.6. The molecule has 6 heteroatoms. The molecule has 0 heterocycles. The first-order valence-corrected chi connectivity index (χ1v) is 12.1. The van der Waals surface area contributed by atoms with E-state index in [4.69, 9.17) is 4.74 Å². The fourth-order valence-corrected chi connectivity index (χ4v) is 5.00. The Morgan fingerprint density at radius 2 is 1.70 bits per heavy atom. The average molecular weight is 482 g/mol. The van der Waals surface area contributed by atoms with Gasteiger partial charge >= 0.3 is 5.97 Å². The number of amides is 1. The van der Waals surface area contributed by atoms with Gasteiger partial charge in [-0.1, -0.05) is 65.7 Å². The summed E-state index contributed by atoms with van der Waals surface area (Å²) in [7, 11) is 0. The lowest BCUT2D eigenvalue weighted by atomic mass is 9.72. The third kappa shape index (κ3) is 8.94. The van der Waals surface area contributed by atoms with Crippen molar-refractivity contribution in [2.24, 2.45) is 17.3 Å². The van der Waals surface area contributed by atoms with Crippen molar-refractivity contribution in [3.63, 3.8) is 0 Å². The Morgan fingerprint density at radius 3 is 2.09 bits per heavy atom. The quantitative estimate of drug-likeness (QED) is 0.317. The van der Waals surface area contributed by atoms with Crippen LogP contribution in [0.15, 0.2) is 37.0 Å². The molecular formula is C27H46ClN2O3-. The van der Waals surface area contributed by atoms with Crippen LogP contribution in [0.2, 0.25) is 0 Å². The van der Waals surface area contributed by atoms with Gasteiger partial charge in [0, 0.05) is 44.1 Å². The Morgan fingerprint density at radius 1 is 1.15 bits per heavy atom. The van der Waals surface area contributed by atoms with Crippen molar-refractivity contribution < 1.29 is 26.7 Å². The van der Waals surface area contributed by atoms with Gasteiger partial charge in [-0.05, 0) is 24.7 Å². The minimum Gasteiger partial charge on any atom is -1.00 e. The highest BCUT2D eigenvalue weighted by Gasteiger charge is 2.45. The van der Waals surface area contributed by atoms with E-state index in [2.05, 4.69) is 63.7 Å². The van der Waals surface area contributed by atoms with Crippen LogP contribution < -0.4 is 12.4 Å². The van der Waals surface area contributed by atoms with E-state index in [0.717, 1.165) is 18.4 Å². The van der Waals surface area contributed by atoms with Crippen LogP contribution in [0.3, 0.4) is 0 Å². The Balaban J connectivity index is 0.0000102. The molecule has 0 bridgehead atoms. The summed E-state index contributed by atoms with van der Waals surface area (Å²) in [5, 5.41) is 0. The molecule has 1 amide bonds. The highest BCUT2D eigenvalue weighted by atomic mass is 35.5. The summed E-state index contributed by atoms with van der Waals surface area (Å²) in [6.07, 6.45) is 8.42. The molecule has 0 aromatic rings. The number of rotatable bonds is 12. The number of carbonyl (C=O) groups excluding carboxylic acids is 2. The van der Waals surface area contributed by atoms with Crippen molar-refractivity contribution >= 4 is 11.9 Å². The van der Waals surface area contributed by atoms with Gasteiger partial charge in [-0.15, -0.1) is 13.2 Å². The molecule has 33 heavy (non-hydrogen) atoms. The lowest BCUT2D eigenvalue weighted by Crippen LogP contribution is -3.00. The summed E-state index contributed by atoms with van der Waals surface area (Å²) in [4.78, 5) is 30.2. The van der Waals surface area contributed by atoms with Crippen LogP contribution in [0.4, 0.5) is 0 Å². The van der Waals surface area contributed by atoms with Crippen molar-refractivity contribution in [1.29, 1.82) is 0 Å². The van der Waals surface area contributed by atoms with Gasteiger partial charge in [-0.2, -0.15) is 0 Å². The van der Waals surface area contributed by atoms with Gasteiger partial charge < -0.3 is 22.0 Å². The van der Waals surface area contributed by atoms with Crippen LogP contribution in [0.5, 0.6) is 0 Å². The van der Waals surface area contributed by atoms with E-state index in [1.165, 1.54) is 0 Å². The van der Waals surface area contributed by atoms with Gasteiger partial charge in [0.2, 0.25) is 5.91 Å². The first-order valence-electron chi connectivity index (χ1n) is 12.1. The van der Waals surface area contributed by atoms with Crippen molar-refractivity contribution in [3.05, 3.63) is 37.0 Å². The summed E-state index contributed by atoms with van der Waals surface area (Å²) < 4.78 is 5.40. The van der Waals surface area contributed by atoms with Crippen LogP contribution in [0.25, 0.3) is 0 Å². The number of esters is 1. The van der Waals surface area contributed by atoms with Crippen LogP contribution >= 0.6 is 0 Å². The lowest BCUT2D eigenvalue weighted by molar-refractivity contribution is -0.140. The minimum absolute atomic E-state index is 0. The average Bonchev–Trinajstić information content (AvgIpc) is 2.71. The summed E-state index contributed by atoms with van der Waals surface area (Å²) >= 11 is 0. The van der Waals surface area contributed by atoms with Crippen molar-refractivity contribution in [1.82, 2.24) is 9.80 Å². The number of halogens is 1. The summed E-state index contributed by atoms with van der Waals surface area (Å²) in [5.41, 5.74) is 0.684. The smallest absolute Gasteiger partial charge is 0.333 e. The summed E-state index contributed by atoms with van der Waals surface area (Å²) in [5.74, 6) is 0.278. The SMILES string of the molecule is C=CCN(CC=C)C1CC(C(=O)OCC)=CC(C(CC)CC)C1N(CC(C)(C)C)C(C)=O.[Cl-]. The largest absolute Gasteiger partial charge is 1.00 e. The van der Waals surface area contributed by atoms with E-state index >= 15 is 0 Å². The van der Waals surface area contributed by atoms with Gasteiger partial charge in [0.25, 0.3) is 0 Å². The molecule has 0 saturated heterocycles. The minimum atomic E-state index is -0.241. The molecule has 3 unspecified atom stereocenters. The Labute approximate surface area is 208 Å². The first-order chi connectivity index (χ1) is 15.0. The molecule has 0 fully saturated rings. The fourth-order valence-electron chi connectivity index (χ4n) is 5.00. The molecule has 190 valence electrons. The Bertz CT molecular complexity index is 669. The van der Waals surface area contributed by atoms with E-state index in [1.54, 1.807) is 6.92 Å². The fraction of sp³-hybridized carbons (Fsp3) is 0.704. The first kappa shape index (κ1) is 31.4. The van der Waals surface area contributed by atoms with Crippen molar-refractivity contribution in [3.8, 4) is 0 Å². The van der Waals surface area contributed by atoms with E-state index < -0.39 is 0 Å². The molecule has 0 spiro atoms. The molecule has 0 radical (unpaired) electrons. The highest BCUT2D eigenvalue weighted by Crippen LogP contribution is 2.39. The standard InChI is InChI=1S/C27H46N2O3.ClH/c1-10-15-28(16-11-2)24-18-22(26(31)32-14-5)17-23(21(12-3)13-4)25(24)29(20(6)30)19-27(7,8)9;/h10-11,17,21,23-25H,1-2,12-16,18-19H2,3-9H3;1H/p-1. The third-order valence-electron chi connectivity index (χ3n) is 6.35. The number of nitrogens with zero attached hydrogens (tertiary/aromatic N) is 2. The molecule has 1 aliphatic carbocycles. The maximum absolute atomic E-state index is 13.0. The van der Waals surface area contributed by atoms with Crippen LogP contribution in [0, 0.1) is 17.3 Å². The zero-order chi connectivity index (χ0) is 24.5.